The van der Waals surface area contributed by atoms with Gasteiger partial charge in [-0.25, -0.2) is 4.68 Å². The average Bonchev–Trinajstić information content (AvgIpc) is 2.37. The summed E-state index contributed by atoms with van der Waals surface area (Å²) >= 11 is 0. The van der Waals surface area contributed by atoms with Crippen molar-refractivity contribution >= 4 is 6.47 Å². The third kappa shape index (κ3) is 1.58. The van der Waals surface area contributed by atoms with Gasteiger partial charge in [-0.2, -0.15) is 5.10 Å². The molecule has 0 atom stereocenters. The van der Waals surface area contributed by atoms with Crippen LogP contribution >= 0.6 is 0 Å². The lowest BCUT2D eigenvalue weighted by molar-refractivity contribution is -0.151. The maximum absolute atomic E-state index is 10.1. The highest BCUT2D eigenvalue weighted by Crippen LogP contribution is 2.12. The highest BCUT2D eigenvalue weighted by atomic mass is 16.6. The van der Waals surface area contributed by atoms with Crippen molar-refractivity contribution in [2.24, 2.45) is 0 Å². The maximum atomic E-state index is 10.1. The second kappa shape index (κ2) is 2.74. The fraction of sp³-hybridized carbons (Fsp3) is 0.429. The molecule has 0 spiro atoms. The van der Waals surface area contributed by atoms with Crippen LogP contribution in [-0.4, -0.2) is 16.3 Å². The van der Waals surface area contributed by atoms with Gasteiger partial charge < -0.3 is 4.74 Å². The molecule has 0 N–H and O–H groups in total. The van der Waals surface area contributed by atoms with E-state index in [2.05, 4.69) is 5.10 Å². The van der Waals surface area contributed by atoms with Gasteiger partial charge >= 0.3 is 0 Å². The molecule has 4 nitrogen and oxygen atoms in total. The van der Waals surface area contributed by atoms with E-state index in [1.54, 1.807) is 37.0 Å². The van der Waals surface area contributed by atoms with Crippen molar-refractivity contribution < 1.29 is 9.53 Å². The standard InChI is InChI=1S/C7H10N2O2/c1-7(2,11-6-10)9-5-3-4-8-9/h3-6H,1-2H3. The summed E-state index contributed by atoms with van der Waals surface area (Å²) in [5, 5.41) is 3.94. The summed E-state index contributed by atoms with van der Waals surface area (Å²) in [6, 6.07) is 1.77. The van der Waals surface area contributed by atoms with Crippen molar-refractivity contribution in [3.8, 4) is 0 Å². The molecule has 0 fully saturated rings. The zero-order valence-corrected chi connectivity index (χ0v) is 6.52. The Morgan fingerprint density at radius 3 is 2.82 bits per heavy atom. The van der Waals surface area contributed by atoms with Crippen LogP contribution in [0.1, 0.15) is 13.8 Å². The van der Waals surface area contributed by atoms with Crippen molar-refractivity contribution in [3.63, 3.8) is 0 Å². The van der Waals surface area contributed by atoms with E-state index in [1.165, 1.54) is 0 Å². The van der Waals surface area contributed by atoms with Gasteiger partial charge in [0.2, 0.25) is 0 Å². The molecule has 1 heterocycles. The first-order valence-corrected chi connectivity index (χ1v) is 3.28. The monoisotopic (exact) mass is 154 g/mol. The Hall–Kier alpha value is -1.32. The van der Waals surface area contributed by atoms with Crippen LogP contribution in [0.5, 0.6) is 0 Å². The first-order chi connectivity index (χ1) is 5.17. The lowest BCUT2D eigenvalue weighted by Crippen LogP contribution is -2.29. The van der Waals surface area contributed by atoms with Crippen LogP contribution in [0.15, 0.2) is 18.5 Å². The fourth-order valence-electron chi connectivity index (χ4n) is 0.759. The lowest BCUT2D eigenvalue weighted by Gasteiger charge is -2.22. The normalized spacial score (nSPS) is 11.1. The Balaban J connectivity index is 2.81. The van der Waals surface area contributed by atoms with Crippen LogP contribution in [0.3, 0.4) is 0 Å². The Labute approximate surface area is 64.8 Å². The highest BCUT2D eigenvalue weighted by Gasteiger charge is 2.20. The predicted molar refractivity (Wildman–Crippen MR) is 38.7 cm³/mol. The van der Waals surface area contributed by atoms with Crippen LogP contribution in [0.4, 0.5) is 0 Å². The Morgan fingerprint density at radius 2 is 2.36 bits per heavy atom. The molecule has 0 saturated heterocycles. The molecule has 4 heteroatoms. The van der Waals surface area contributed by atoms with Crippen molar-refractivity contribution in [3.05, 3.63) is 18.5 Å². The fourth-order valence-corrected chi connectivity index (χ4v) is 0.759. The minimum absolute atomic E-state index is 0.418. The van der Waals surface area contributed by atoms with E-state index in [4.69, 9.17) is 4.74 Å². The van der Waals surface area contributed by atoms with Crippen LogP contribution in [0, 0.1) is 0 Å². The quantitative estimate of drug-likeness (QED) is 0.603. The van der Waals surface area contributed by atoms with E-state index in [-0.39, 0.29) is 0 Å². The second-order valence-electron chi connectivity index (χ2n) is 2.61. The summed E-state index contributed by atoms with van der Waals surface area (Å²) < 4.78 is 6.36. The summed E-state index contributed by atoms with van der Waals surface area (Å²) in [5.74, 6) is 0. The molecule has 0 aromatic carbocycles. The molecule has 0 saturated carbocycles. The Kier molecular flexibility index (Phi) is 1.94. The van der Waals surface area contributed by atoms with Gasteiger partial charge in [-0.15, -0.1) is 0 Å². The molecular formula is C7H10N2O2. The number of carbonyl (C=O) groups is 1. The van der Waals surface area contributed by atoms with E-state index in [0.717, 1.165) is 0 Å². The highest BCUT2D eigenvalue weighted by molar-refractivity contribution is 5.37. The number of hydrogen-bond acceptors (Lipinski definition) is 3. The largest absolute Gasteiger partial charge is 0.440 e. The topological polar surface area (TPSA) is 44.1 Å². The van der Waals surface area contributed by atoms with E-state index in [1.807, 2.05) is 0 Å². The van der Waals surface area contributed by atoms with Gasteiger partial charge in [0.05, 0.1) is 0 Å². The molecule has 0 aliphatic carbocycles. The van der Waals surface area contributed by atoms with E-state index < -0.39 is 5.72 Å². The zero-order valence-electron chi connectivity index (χ0n) is 6.52. The first-order valence-electron chi connectivity index (χ1n) is 3.28. The molecule has 0 unspecified atom stereocenters. The average molecular weight is 154 g/mol. The summed E-state index contributed by atoms with van der Waals surface area (Å²) in [7, 11) is 0. The Morgan fingerprint density at radius 1 is 1.64 bits per heavy atom. The van der Waals surface area contributed by atoms with Gasteiger partial charge in [0.1, 0.15) is 0 Å². The number of nitrogens with zero attached hydrogens (tertiary/aromatic N) is 2. The summed E-state index contributed by atoms with van der Waals surface area (Å²) in [5.41, 5.74) is -0.689. The SMILES string of the molecule is CC(C)(OC=O)n1cccn1. The van der Waals surface area contributed by atoms with Crippen molar-refractivity contribution in [2.45, 2.75) is 19.6 Å². The Bertz CT molecular complexity index is 229. The van der Waals surface area contributed by atoms with Crippen LogP contribution in [0.25, 0.3) is 0 Å². The third-order valence-corrected chi connectivity index (χ3v) is 1.39. The molecule has 0 aliphatic rings. The predicted octanol–water partition coefficient (Wildman–Crippen LogP) is 0.749. The smallest absolute Gasteiger partial charge is 0.295 e. The number of hydrogen-bond donors (Lipinski definition) is 0. The van der Waals surface area contributed by atoms with Gasteiger partial charge in [-0.05, 0) is 19.9 Å². The minimum atomic E-state index is -0.689. The van der Waals surface area contributed by atoms with E-state index in [0.29, 0.717) is 6.47 Å². The zero-order chi connectivity index (χ0) is 8.32. The van der Waals surface area contributed by atoms with Crippen LogP contribution in [0.2, 0.25) is 0 Å². The van der Waals surface area contributed by atoms with Crippen molar-refractivity contribution in [2.75, 3.05) is 0 Å². The lowest BCUT2D eigenvalue weighted by atomic mass is 10.3. The molecule has 0 aliphatic heterocycles. The molecule has 0 bridgehead atoms. The molecule has 0 amide bonds. The summed E-state index contributed by atoms with van der Waals surface area (Å²) in [6.07, 6.45) is 3.37. The number of aromatic nitrogens is 2. The van der Waals surface area contributed by atoms with Gasteiger partial charge in [-0.1, -0.05) is 0 Å². The molecule has 0 radical (unpaired) electrons. The molecule has 11 heavy (non-hydrogen) atoms. The van der Waals surface area contributed by atoms with Crippen LogP contribution in [-0.2, 0) is 15.3 Å². The summed E-state index contributed by atoms with van der Waals surface area (Å²) in [4.78, 5) is 10.1. The first kappa shape index (κ1) is 7.78. The summed E-state index contributed by atoms with van der Waals surface area (Å²) in [6.45, 7) is 3.93. The number of ether oxygens (including phenoxy) is 1. The molecule has 60 valence electrons. The second-order valence-corrected chi connectivity index (χ2v) is 2.61. The minimum Gasteiger partial charge on any atom is -0.440 e. The van der Waals surface area contributed by atoms with E-state index >= 15 is 0 Å². The van der Waals surface area contributed by atoms with Crippen molar-refractivity contribution in [1.82, 2.24) is 9.78 Å². The molecular weight excluding hydrogens is 144 g/mol. The molecule has 1 rings (SSSR count). The van der Waals surface area contributed by atoms with Gasteiger partial charge in [0, 0.05) is 12.4 Å². The maximum Gasteiger partial charge on any atom is 0.295 e. The van der Waals surface area contributed by atoms with Crippen LogP contribution < -0.4 is 0 Å². The molecule has 1 aromatic heterocycles. The van der Waals surface area contributed by atoms with Gasteiger partial charge in [0.25, 0.3) is 6.47 Å². The molecule has 1 aromatic rings. The number of carbonyl (C=O) groups excluding carboxylic acids is 1. The van der Waals surface area contributed by atoms with Gasteiger partial charge in [0.15, 0.2) is 5.72 Å². The third-order valence-electron chi connectivity index (χ3n) is 1.39. The van der Waals surface area contributed by atoms with Crippen molar-refractivity contribution in [1.29, 1.82) is 0 Å². The van der Waals surface area contributed by atoms with E-state index in [9.17, 15) is 4.79 Å². The number of rotatable bonds is 3. The van der Waals surface area contributed by atoms with Gasteiger partial charge in [-0.3, -0.25) is 4.79 Å².